The predicted molar refractivity (Wildman–Crippen MR) is 92.2 cm³/mol. The molecule has 1 saturated heterocycles. The summed E-state index contributed by atoms with van der Waals surface area (Å²) >= 11 is 0. The highest BCUT2D eigenvalue weighted by Gasteiger charge is 2.26. The van der Waals surface area contributed by atoms with Crippen LogP contribution in [0, 0.1) is 11.8 Å². The van der Waals surface area contributed by atoms with E-state index >= 15 is 0 Å². The molecule has 0 unspecified atom stereocenters. The Morgan fingerprint density at radius 3 is 2.58 bits per heavy atom. The van der Waals surface area contributed by atoms with Crippen molar-refractivity contribution in [1.82, 2.24) is 15.5 Å². The van der Waals surface area contributed by atoms with Crippen molar-refractivity contribution in [1.29, 1.82) is 0 Å². The molecule has 2 N–H and O–H groups in total. The third-order valence-electron chi connectivity index (χ3n) is 4.74. The van der Waals surface area contributed by atoms with Crippen molar-refractivity contribution < 1.29 is 14.0 Å². The van der Waals surface area contributed by atoms with E-state index in [4.69, 9.17) is 4.42 Å². The monoisotopic (exact) mass is 335 g/mol. The van der Waals surface area contributed by atoms with Gasteiger partial charge in [0.2, 0.25) is 11.8 Å². The fraction of sp³-hybridized carbons (Fsp3) is 0.667. The van der Waals surface area contributed by atoms with E-state index in [-0.39, 0.29) is 23.8 Å². The average Bonchev–Trinajstić information content (AvgIpc) is 3.07. The minimum absolute atomic E-state index is 0.0114. The van der Waals surface area contributed by atoms with E-state index in [2.05, 4.69) is 29.4 Å². The standard InChI is InChI=1S/C18H29N3O3/c1-13(2)14(3)20-18(23)15-6-8-21(9-7-15)12-17(22)19-11-16-5-4-10-24-16/h4-5,10,13-15H,6-9,11-12H2,1-3H3,(H,19,22)(H,20,23)/t14-/m0/s1. The first-order valence-corrected chi connectivity index (χ1v) is 8.77. The van der Waals surface area contributed by atoms with Gasteiger partial charge in [-0.25, -0.2) is 0 Å². The highest BCUT2D eigenvalue weighted by molar-refractivity contribution is 5.79. The van der Waals surface area contributed by atoms with Gasteiger partial charge < -0.3 is 15.1 Å². The van der Waals surface area contributed by atoms with Gasteiger partial charge in [0.25, 0.3) is 0 Å². The minimum Gasteiger partial charge on any atom is -0.467 e. The Bertz CT molecular complexity index is 520. The van der Waals surface area contributed by atoms with E-state index in [0.29, 0.717) is 19.0 Å². The molecule has 2 amide bonds. The topological polar surface area (TPSA) is 74.6 Å². The van der Waals surface area contributed by atoms with Crippen LogP contribution in [0.4, 0.5) is 0 Å². The lowest BCUT2D eigenvalue weighted by Crippen LogP contribution is -2.46. The Morgan fingerprint density at radius 2 is 2.00 bits per heavy atom. The number of piperidine rings is 1. The van der Waals surface area contributed by atoms with E-state index in [1.165, 1.54) is 0 Å². The molecule has 0 saturated carbocycles. The second-order valence-electron chi connectivity index (χ2n) is 6.95. The molecule has 1 aromatic rings. The van der Waals surface area contributed by atoms with E-state index in [0.717, 1.165) is 31.7 Å². The molecule has 2 heterocycles. The largest absolute Gasteiger partial charge is 0.467 e. The van der Waals surface area contributed by atoms with Gasteiger partial charge in [0.15, 0.2) is 0 Å². The molecule has 1 aromatic heterocycles. The number of amides is 2. The highest BCUT2D eigenvalue weighted by atomic mass is 16.3. The van der Waals surface area contributed by atoms with E-state index in [1.54, 1.807) is 12.3 Å². The number of rotatable bonds is 7. The lowest BCUT2D eigenvalue weighted by atomic mass is 9.95. The maximum absolute atomic E-state index is 12.3. The Kier molecular flexibility index (Phi) is 6.85. The summed E-state index contributed by atoms with van der Waals surface area (Å²) in [5.41, 5.74) is 0. The number of carbonyl (C=O) groups is 2. The summed E-state index contributed by atoms with van der Waals surface area (Å²) < 4.78 is 5.19. The molecule has 0 bridgehead atoms. The maximum Gasteiger partial charge on any atom is 0.234 e. The van der Waals surface area contributed by atoms with Crippen LogP contribution >= 0.6 is 0 Å². The zero-order valence-electron chi connectivity index (χ0n) is 14.9. The molecule has 1 aliphatic heterocycles. The number of hydrogen-bond donors (Lipinski definition) is 2. The van der Waals surface area contributed by atoms with Crippen molar-refractivity contribution in [3.05, 3.63) is 24.2 Å². The smallest absolute Gasteiger partial charge is 0.234 e. The van der Waals surface area contributed by atoms with Crippen LogP contribution in [0.15, 0.2) is 22.8 Å². The van der Waals surface area contributed by atoms with Crippen LogP contribution in [0.3, 0.4) is 0 Å². The molecule has 1 fully saturated rings. The second-order valence-corrected chi connectivity index (χ2v) is 6.95. The van der Waals surface area contributed by atoms with Gasteiger partial charge in [-0.3, -0.25) is 14.5 Å². The zero-order chi connectivity index (χ0) is 17.5. The van der Waals surface area contributed by atoms with Crippen molar-refractivity contribution >= 4 is 11.8 Å². The lowest BCUT2D eigenvalue weighted by Gasteiger charge is -2.31. The number of furan rings is 1. The number of carbonyl (C=O) groups excluding carboxylic acids is 2. The Hall–Kier alpha value is -1.82. The molecule has 24 heavy (non-hydrogen) atoms. The van der Waals surface area contributed by atoms with Crippen molar-refractivity contribution in [3.63, 3.8) is 0 Å². The maximum atomic E-state index is 12.3. The zero-order valence-corrected chi connectivity index (χ0v) is 14.9. The molecular weight excluding hydrogens is 306 g/mol. The van der Waals surface area contributed by atoms with Crippen LogP contribution in [-0.2, 0) is 16.1 Å². The molecule has 0 aliphatic carbocycles. The van der Waals surface area contributed by atoms with Crippen LogP contribution in [0.25, 0.3) is 0 Å². The first-order chi connectivity index (χ1) is 11.5. The van der Waals surface area contributed by atoms with Crippen molar-refractivity contribution in [3.8, 4) is 0 Å². The molecule has 1 atom stereocenters. The van der Waals surface area contributed by atoms with Crippen LogP contribution in [0.2, 0.25) is 0 Å². The fourth-order valence-corrected chi connectivity index (χ4v) is 2.72. The van der Waals surface area contributed by atoms with Gasteiger partial charge in [0.05, 0.1) is 19.4 Å². The Labute approximate surface area is 144 Å². The van der Waals surface area contributed by atoms with Crippen LogP contribution < -0.4 is 10.6 Å². The molecule has 6 nitrogen and oxygen atoms in total. The summed E-state index contributed by atoms with van der Waals surface area (Å²) in [5.74, 6) is 1.39. The van der Waals surface area contributed by atoms with Crippen molar-refractivity contribution in [2.24, 2.45) is 11.8 Å². The number of likely N-dealkylation sites (tertiary alicyclic amines) is 1. The fourth-order valence-electron chi connectivity index (χ4n) is 2.72. The number of nitrogens with one attached hydrogen (secondary N) is 2. The summed E-state index contributed by atoms with van der Waals surface area (Å²) in [6, 6.07) is 3.84. The first kappa shape index (κ1) is 18.5. The molecule has 0 radical (unpaired) electrons. The molecular formula is C18H29N3O3. The van der Waals surface area contributed by atoms with Crippen molar-refractivity contribution in [2.75, 3.05) is 19.6 Å². The first-order valence-electron chi connectivity index (χ1n) is 8.77. The molecule has 2 rings (SSSR count). The predicted octanol–water partition coefficient (Wildman–Crippen LogP) is 1.77. The lowest BCUT2D eigenvalue weighted by molar-refractivity contribution is -0.127. The number of hydrogen-bond acceptors (Lipinski definition) is 4. The van der Waals surface area contributed by atoms with E-state index < -0.39 is 0 Å². The summed E-state index contributed by atoms with van der Waals surface area (Å²) in [6.45, 7) is 8.60. The summed E-state index contributed by atoms with van der Waals surface area (Å²) in [5, 5.41) is 5.94. The normalized spacial score (nSPS) is 17.7. The van der Waals surface area contributed by atoms with Gasteiger partial charge in [0.1, 0.15) is 5.76 Å². The summed E-state index contributed by atoms with van der Waals surface area (Å²) in [4.78, 5) is 26.3. The SMILES string of the molecule is CC(C)[C@H](C)NC(=O)C1CCN(CC(=O)NCc2ccco2)CC1. The Balaban J connectivity index is 1.66. The Morgan fingerprint density at radius 1 is 1.29 bits per heavy atom. The van der Waals surface area contributed by atoms with Crippen LogP contribution in [-0.4, -0.2) is 42.4 Å². The van der Waals surface area contributed by atoms with Gasteiger partial charge >= 0.3 is 0 Å². The number of nitrogens with zero attached hydrogens (tertiary/aromatic N) is 1. The summed E-state index contributed by atoms with van der Waals surface area (Å²) in [7, 11) is 0. The summed E-state index contributed by atoms with van der Waals surface area (Å²) in [6.07, 6.45) is 3.21. The third-order valence-corrected chi connectivity index (χ3v) is 4.74. The molecule has 134 valence electrons. The van der Waals surface area contributed by atoms with E-state index in [1.807, 2.05) is 13.0 Å². The van der Waals surface area contributed by atoms with Crippen LogP contribution in [0.5, 0.6) is 0 Å². The molecule has 0 spiro atoms. The third kappa shape index (κ3) is 5.67. The minimum atomic E-state index is -0.0114. The van der Waals surface area contributed by atoms with Gasteiger partial charge in [-0.1, -0.05) is 13.8 Å². The van der Waals surface area contributed by atoms with Gasteiger partial charge in [-0.15, -0.1) is 0 Å². The van der Waals surface area contributed by atoms with Crippen molar-refractivity contribution in [2.45, 2.75) is 46.2 Å². The molecule has 1 aliphatic rings. The second kappa shape index (κ2) is 8.87. The average molecular weight is 335 g/mol. The molecule has 0 aromatic carbocycles. The quantitative estimate of drug-likeness (QED) is 0.796. The molecule has 6 heteroatoms. The van der Waals surface area contributed by atoms with Gasteiger partial charge in [-0.05, 0) is 50.9 Å². The van der Waals surface area contributed by atoms with Crippen LogP contribution in [0.1, 0.15) is 39.4 Å². The van der Waals surface area contributed by atoms with Gasteiger partial charge in [0, 0.05) is 12.0 Å². The van der Waals surface area contributed by atoms with Gasteiger partial charge in [-0.2, -0.15) is 0 Å². The van der Waals surface area contributed by atoms with E-state index in [9.17, 15) is 9.59 Å². The highest BCUT2D eigenvalue weighted by Crippen LogP contribution is 2.17.